The highest BCUT2D eigenvalue weighted by molar-refractivity contribution is 5.75. The Hall–Kier alpha value is -2.08. The number of rotatable bonds is 8. The summed E-state index contributed by atoms with van der Waals surface area (Å²) < 4.78 is 0. The zero-order chi connectivity index (χ0) is 13.8. The molecule has 1 aromatic carbocycles. The van der Waals surface area contributed by atoms with E-state index in [0.717, 1.165) is 19.3 Å². The number of nitrogens with one attached hydrogen (secondary N) is 1. The zero-order valence-corrected chi connectivity index (χ0v) is 11.1. The molecule has 0 radical (unpaired) electrons. The van der Waals surface area contributed by atoms with Crippen molar-refractivity contribution in [3.05, 3.63) is 48.0 Å². The van der Waals surface area contributed by atoms with E-state index < -0.39 is 0 Å². The summed E-state index contributed by atoms with van der Waals surface area (Å²) in [5, 5.41) is 11.3. The van der Waals surface area contributed by atoms with Gasteiger partial charge in [-0.15, -0.1) is 0 Å². The van der Waals surface area contributed by atoms with Crippen LogP contribution in [0.1, 0.15) is 31.2 Å². The van der Waals surface area contributed by atoms with Crippen molar-refractivity contribution < 1.29 is 4.79 Å². The van der Waals surface area contributed by atoms with Crippen LogP contribution < -0.4 is 5.32 Å². The van der Waals surface area contributed by atoms with E-state index in [-0.39, 0.29) is 5.91 Å². The van der Waals surface area contributed by atoms with Gasteiger partial charge in [-0.3, -0.25) is 4.79 Å². The molecule has 19 heavy (non-hydrogen) atoms. The quantitative estimate of drug-likeness (QED) is 0.574. The second-order valence-corrected chi connectivity index (χ2v) is 4.29. The summed E-state index contributed by atoms with van der Waals surface area (Å²) >= 11 is 0. The van der Waals surface area contributed by atoms with Crippen LogP contribution >= 0.6 is 0 Å². The zero-order valence-electron chi connectivity index (χ0n) is 11.1. The Morgan fingerprint density at radius 2 is 1.95 bits per heavy atom. The lowest BCUT2D eigenvalue weighted by molar-refractivity contribution is -0.120. The van der Waals surface area contributed by atoms with Crippen LogP contribution in [0.5, 0.6) is 0 Å². The van der Waals surface area contributed by atoms with Crippen molar-refractivity contribution >= 4 is 5.91 Å². The molecule has 3 heteroatoms. The Morgan fingerprint density at radius 1 is 1.21 bits per heavy atom. The molecule has 0 bridgehead atoms. The molecule has 3 nitrogen and oxygen atoms in total. The van der Waals surface area contributed by atoms with E-state index in [1.807, 2.05) is 30.4 Å². The molecule has 0 aliphatic carbocycles. The van der Waals surface area contributed by atoms with Crippen LogP contribution in [0.3, 0.4) is 0 Å². The Labute approximate surface area is 114 Å². The van der Waals surface area contributed by atoms with Crippen LogP contribution in [0.15, 0.2) is 42.5 Å². The van der Waals surface area contributed by atoms with Crippen LogP contribution in [0.25, 0.3) is 0 Å². The Kier molecular flexibility index (Phi) is 7.80. The van der Waals surface area contributed by atoms with E-state index in [1.54, 1.807) is 0 Å². The number of hydrogen-bond donors (Lipinski definition) is 1. The van der Waals surface area contributed by atoms with Crippen molar-refractivity contribution in [3.63, 3.8) is 0 Å². The lowest BCUT2D eigenvalue weighted by Gasteiger charge is -2.04. The fourth-order valence-corrected chi connectivity index (χ4v) is 1.68. The van der Waals surface area contributed by atoms with Crippen molar-refractivity contribution in [2.24, 2.45) is 0 Å². The first-order valence-electron chi connectivity index (χ1n) is 6.65. The van der Waals surface area contributed by atoms with Crippen molar-refractivity contribution in [2.45, 2.75) is 32.1 Å². The lowest BCUT2D eigenvalue weighted by atomic mass is 10.1. The van der Waals surface area contributed by atoms with Crippen LogP contribution in [-0.4, -0.2) is 12.5 Å². The number of nitrogens with zero attached hydrogens (tertiary/aromatic N) is 1. The van der Waals surface area contributed by atoms with Crippen molar-refractivity contribution in [3.8, 4) is 6.07 Å². The molecule has 1 aromatic rings. The van der Waals surface area contributed by atoms with Gasteiger partial charge < -0.3 is 5.32 Å². The van der Waals surface area contributed by atoms with E-state index in [9.17, 15) is 4.79 Å². The van der Waals surface area contributed by atoms with Gasteiger partial charge in [0.05, 0.1) is 6.07 Å². The molecule has 0 unspecified atom stereocenters. The molecule has 0 fully saturated rings. The molecule has 0 atom stereocenters. The van der Waals surface area contributed by atoms with Gasteiger partial charge in [-0.05, 0) is 24.8 Å². The maximum atomic E-state index is 11.5. The summed E-state index contributed by atoms with van der Waals surface area (Å²) in [6, 6.07) is 12.2. The molecular formula is C16H20N2O. The van der Waals surface area contributed by atoms with Gasteiger partial charge in [0.15, 0.2) is 0 Å². The van der Waals surface area contributed by atoms with Gasteiger partial charge in [-0.2, -0.15) is 5.26 Å². The van der Waals surface area contributed by atoms with Gasteiger partial charge >= 0.3 is 0 Å². The van der Waals surface area contributed by atoms with Crippen LogP contribution in [-0.2, 0) is 11.2 Å². The number of unbranched alkanes of at least 4 members (excludes halogenated alkanes) is 1. The lowest BCUT2D eigenvalue weighted by Crippen LogP contribution is -2.25. The number of carbonyl (C=O) groups excluding carboxylic acids is 1. The van der Waals surface area contributed by atoms with Crippen LogP contribution in [0, 0.1) is 11.3 Å². The third-order valence-electron chi connectivity index (χ3n) is 2.71. The third kappa shape index (κ3) is 7.77. The molecular weight excluding hydrogens is 236 g/mol. The maximum Gasteiger partial charge on any atom is 0.220 e. The predicted molar refractivity (Wildman–Crippen MR) is 76.4 cm³/mol. The van der Waals surface area contributed by atoms with E-state index in [4.69, 9.17) is 5.26 Å². The first kappa shape index (κ1) is 15.0. The highest BCUT2D eigenvalue weighted by Gasteiger charge is 1.98. The van der Waals surface area contributed by atoms with Gasteiger partial charge in [-0.1, -0.05) is 42.5 Å². The van der Waals surface area contributed by atoms with Gasteiger partial charge in [-0.25, -0.2) is 0 Å². The highest BCUT2D eigenvalue weighted by Crippen LogP contribution is 1.99. The first-order valence-corrected chi connectivity index (χ1v) is 6.65. The standard InChI is InChI=1S/C16H20N2O/c17-13-8-3-1-2-7-11-16(19)18-14-12-15-9-5-4-6-10-15/h1-2,4-6,9-10H,3,7-8,11-12,14H2,(H,18,19)/b2-1+. The van der Waals surface area contributed by atoms with Gasteiger partial charge in [0.25, 0.3) is 0 Å². The third-order valence-corrected chi connectivity index (χ3v) is 2.71. The molecule has 1 amide bonds. The molecule has 100 valence electrons. The average Bonchev–Trinajstić information content (AvgIpc) is 2.44. The molecule has 1 rings (SSSR count). The van der Waals surface area contributed by atoms with E-state index in [1.165, 1.54) is 5.56 Å². The van der Waals surface area contributed by atoms with Crippen molar-refractivity contribution in [2.75, 3.05) is 6.54 Å². The minimum Gasteiger partial charge on any atom is -0.356 e. The smallest absolute Gasteiger partial charge is 0.220 e. The number of amides is 1. The fraction of sp³-hybridized carbons (Fsp3) is 0.375. The molecule has 0 spiro atoms. The van der Waals surface area contributed by atoms with Crippen LogP contribution in [0.2, 0.25) is 0 Å². The van der Waals surface area contributed by atoms with Gasteiger partial charge in [0.1, 0.15) is 0 Å². The number of hydrogen-bond acceptors (Lipinski definition) is 2. The molecule has 0 saturated carbocycles. The fourth-order valence-electron chi connectivity index (χ4n) is 1.68. The Bertz CT molecular complexity index is 432. The van der Waals surface area contributed by atoms with Gasteiger partial charge in [0, 0.05) is 19.4 Å². The average molecular weight is 256 g/mol. The number of benzene rings is 1. The predicted octanol–water partition coefficient (Wildman–Crippen LogP) is 2.99. The van der Waals surface area contributed by atoms with Crippen molar-refractivity contribution in [1.82, 2.24) is 5.32 Å². The van der Waals surface area contributed by atoms with E-state index in [0.29, 0.717) is 19.4 Å². The summed E-state index contributed by atoms with van der Waals surface area (Å²) in [5.41, 5.74) is 1.24. The van der Waals surface area contributed by atoms with E-state index in [2.05, 4.69) is 23.5 Å². The number of allylic oxidation sites excluding steroid dienone is 2. The molecule has 0 saturated heterocycles. The summed E-state index contributed by atoms with van der Waals surface area (Å²) in [7, 11) is 0. The highest BCUT2D eigenvalue weighted by atomic mass is 16.1. The van der Waals surface area contributed by atoms with Crippen molar-refractivity contribution in [1.29, 1.82) is 5.26 Å². The second-order valence-electron chi connectivity index (χ2n) is 4.29. The minimum atomic E-state index is 0.0841. The maximum absolute atomic E-state index is 11.5. The second kappa shape index (κ2) is 9.90. The Balaban J connectivity index is 2.05. The topological polar surface area (TPSA) is 52.9 Å². The van der Waals surface area contributed by atoms with E-state index >= 15 is 0 Å². The summed E-state index contributed by atoms with van der Waals surface area (Å²) in [6.45, 7) is 0.682. The molecule has 1 N–H and O–H groups in total. The molecule has 0 aromatic heterocycles. The largest absolute Gasteiger partial charge is 0.356 e. The van der Waals surface area contributed by atoms with Gasteiger partial charge in [0.2, 0.25) is 5.91 Å². The summed E-state index contributed by atoms with van der Waals surface area (Å²) in [6.07, 6.45) is 7.35. The summed E-state index contributed by atoms with van der Waals surface area (Å²) in [4.78, 5) is 11.5. The molecule has 0 heterocycles. The number of nitriles is 1. The Morgan fingerprint density at radius 3 is 2.68 bits per heavy atom. The van der Waals surface area contributed by atoms with Crippen LogP contribution in [0.4, 0.5) is 0 Å². The monoisotopic (exact) mass is 256 g/mol. The first-order chi connectivity index (χ1) is 9.33. The number of carbonyl (C=O) groups is 1. The molecule has 0 aliphatic rings. The molecule has 0 aliphatic heterocycles. The SMILES string of the molecule is N#CCC/C=C/CCC(=O)NCCc1ccccc1. The summed E-state index contributed by atoms with van der Waals surface area (Å²) in [5.74, 6) is 0.0841. The normalized spacial score (nSPS) is 10.3. The minimum absolute atomic E-state index is 0.0841.